The zero-order valence-corrected chi connectivity index (χ0v) is 13.0. The maximum absolute atomic E-state index is 10.8. The van der Waals surface area contributed by atoms with Gasteiger partial charge in [0.05, 0.1) is 23.7 Å². The Morgan fingerprint density at radius 2 is 2.10 bits per heavy atom. The maximum atomic E-state index is 10.8. The Morgan fingerprint density at radius 1 is 1.33 bits per heavy atom. The molecule has 0 aliphatic rings. The van der Waals surface area contributed by atoms with E-state index < -0.39 is 5.97 Å². The summed E-state index contributed by atoms with van der Waals surface area (Å²) in [6.07, 6.45) is 2.22. The number of carboxylic acid groups (broad SMARTS) is 1. The summed E-state index contributed by atoms with van der Waals surface area (Å²) in [6.45, 7) is 3.28. The van der Waals surface area contributed by atoms with Crippen molar-refractivity contribution >= 4 is 23.0 Å². The first-order chi connectivity index (χ1) is 10.2. The van der Waals surface area contributed by atoms with Crippen molar-refractivity contribution < 1.29 is 9.90 Å². The van der Waals surface area contributed by atoms with Crippen molar-refractivity contribution in [2.45, 2.75) is 32.7 Å². The van der Waals surface area contributed by atoms with E-state index in [1.165, 1.54) is 0 Å². The van der Waals surface area contributed by atoms with Crippen molar-refractivity contribution in [1.82, 2.24) is 4.98 Å². The Morgan fingerprint density at radius 3 is 2.76 bits per heavy atom. The first kappa shape index (κ1) is 15.5. The summed E-state index contributed by atoms with van der Waals surface area (Å²) >= 11 is 1.68. The average molecular weight is 304 g/mol. The molecule has 2 rings (SSSR count). The fourth-order valence-corrected chi connectivity index (χ4v) is 3.01. The van der Waals surface area contributed by atoms with Crippen molar-refractivity contribution in [1.29, 1.82) is 0 Å². The molecule has 0 aliphatic heterocycles. The van der Waals surface area contributed by atoms with Crippen LogP contribution in [-0.4, -0.2) is 22.6 Å². The van der Waals surface area contributed by atoms with Crippen molar-refractivity contribution in [3.05, 3.63) is 46.4 Å². The van der Waals surface area contributed by atoms with Crippen LogP contribution in [0.2, 0.25) is 0 Å². The van der Waals surface area contributed by atoms with Crippen LogP contribution in [0.3, 0.4) is 0 Å². The van der Waals surface area contributed by atoms with Crippen LogP contribution in [0.15, 0.2) is 35.7 Å². The molecule has 1 aromatic heterocycles. The van der Waals surface area contributed by atoms with Gasteiger partial charge in [-0.05, 0) is 25.0 Å². The Bertz CT molecular complexity index is 569. The lowest BCUT2D eigenvalue weighted by molar-refractivity contribution is -0.136. The molecule has 2 aromatic rings. The number of anilines is 1. The number of rotatable bonds is 8. The number of benzene rings is 1. The lowest BCUT2D eigenvalue weighted by atomic mass is 10.2. The van der Waals surface area contributed by atoms with Crippen molar-refractivity contribution in [3.63, 3.8) is 0 Å². The number of hydrogen-bond donors (Lipinski definition) is 1. The van der Waals surface area contributed by atoms with Gasteiger partial charge in [0.15, 0.2) is 0 Å². The molecule has 1 aromatic carbocycles. The average Bonchev–Trinajstić information content (AvgIpc) is 2.92. The lowest BCUT2D eigenvalue weighted by Gasteiger charge is -2.23. The molecule has 0 saturated carbocycles. The molecule has 4 nitrogen and oxygen atoms in total. The number of aliphatic carboxylic acids is 1. The molecule has 0 unspecified atom stereocenters. The molecule has 112 valence electrons. The normalized spacial score (nSPS) is 10.5. The van der Waals surface area contributed by atoms with Crippen LogP contribution in [-0.2, 0) is 17.8 Å². The quantitative estimate of drug-likeness (QED) is 0.810. The monoisotopic (exact) mass is 304 g/mol. The first-order valence-corrected chi connectivity index (χ1v) is 8.02. The second-order valence-corrected chi connectivity index (χ2v) is 5.83. The number of carboxylic acids is 1. The first-order valence-electron chi connectivity index (χ1n) is 7.14. The molecule has 0 bridgehead atoms. The fourth-order valence-electron chi connectivity index (χ4n) is 2.11. The highest BCUT2D eigenvalue weighted by Gasteiger charge is 2.11. The number of para-hydroxylation sites is 1. The van der Waals surface area contributed by atoms with E-state index in [-0.39, 0.29) is 6.42 Å². The molecule has 0 spiro atoms. The van der Waals surface area contributed by atoms with E-state index in [0.29, 0.717) is 13.1 Å². The molecule has 1 N–H and O–H groups in total. The minimum atomic E-state index is -0.777. The Labute approximate surface area is 129 Å². The minimum absolute atomic E-state index is 0.126. The molecule has 5 heteroatoms. The van der Waals surface area contributed by atoms with Crippen LogP contribution in [0.25, 0.3) is 0 Å². The molecular formula is C16H20N2O2S. The van der Waals surface area contributed by atoms with Gasteiger partial charge < -0.3 is 10.0 Å². The van der Waals surface area contributed by atoms with E-state index in [1.54, 1.807) is 11.3 Å². The van der Waals surface area contributed by atoms with Gasteiger partial charge in [0.1, 0.15) is 0 Å². The Hall–Kier alpha value is -1.88. The van der Waals surface area contributed by atoms with E-state index in [1.807, 2.05) is 30.3 Å². The van der Waals surface area contributed by atoms with E-state index in [4.69, 9.17) is 5.11 Å². The second-order valence-electron chi connectivity index (χ2n) is 4.88. The van der Waals surface area contributed by atoms with Gasteiger partial charge in [-0.25, -0.2) is 4.98 Å². The van der Waals surface area contributed by atoms with E-state index in [2.05, 4.69) is 22.2 Å². The number of carbonyl (C=O) groups is 1. The van der Waals surface area contributed by atoms with Crippen LogP contribution < -0.4 is 4.90 Å². The third kappa shape index (κ3) is 4.86. The molecule has 0 atom stereocenters. The highest BCUT2D eigenvalue weighted by atomic mass is 32.1. The lowest BCUT2D eigenvalue weighted by Crippen LogP contribution is -2.25. The van der Waals surface area contributed by atoms with Gasteiger partial charge in [-0.2, -0.15) is 0 Å². The van der Waals surface area contributed by atoms with Crippen LogP contribution in [0.4, 0.5) is 5.69 Å². The van der Waals surface area contributed by atoms with Crippen LogP contribution >= 0.6 is 11.3 Å². The molecule has 0 fully saturated rings. The summed E-state index contributed by atoms with van der Waals surface area (Å²) < 4.78 is 0. The number of aryl methyl sites for hydroxylation is 1. The number of thiazole rings is 1. The summed E-state index contributed by atoms with van der Waals surface area (Å²) in [5, 5.41) is 12.1. The topological polar surface area (TPSA) is 53.4 Å². The van der Waals surface area contributed by atoms with Crippen LogP contribution in [0.5, 0.6) is 0 Å². The van der Waals surface area contributed by atoms with Gasteiger partial charge in [-0.3, -0.25) is 4.79 Å². The molecule has 0 saturated heterocycles. The molecular weight excluding hydrogens is 284 g/mol. The SMILES string of the molecule is CCCc1nc(CN(CCC(=O)O)c2ccccc2)cs1. The van der Waals surface area contributed by atoms with Gasteiger partial charge >= 0.3 is 5.97 Å². The minimum Gasteiger partial charge on any atom is -0.481 e. The smallest absolute Gasteiger partial charge is 0.305 e. The van der Waals surface area contributed by atoms with Crippen LogP contribution in [0.1, 0.15) is 30.5 Å². The third-order valence-corrected chi connectivity index (χ3v) is 4.09. The molecule has 1 heterocycles. The molecule has 21 heavy (non-hydrogen) atoms. The summed E-state index contributed by atoms with van der Waals surface area (Å²) in [7, 11) is 0. The summed E-state index contributed by atoms with van der Waals surface area (Å²) in [6, 6.07) is 9.89. The third-order valence-electron chi connectivity index (χ3n) is 3.13. The highest BCUT2D eigenvalue weighted by Crippen LogP contribution is 2.19. The van der Waals surface area contributed by atoms with Gasteiger partial charge in [0.25, 0.3) is 0 Å². The van der Waals surface area contributed by atoms with Crippen LogP contribution in [0, 0.1) is 0 Å². The number of hydrogen-bond acceptors (Lipinski definition) is 4. The summed E-state index contributed by atoms with van der Waals surface area (Å²) in [5.74, 6) is -0.777. The molecule has 0 radical (unpaired) electrons. The largest absolute Gasteiger partial charge is 0.481 e. The summed E-state index contributed by atoms with van der Waals surface area (Å²) in [5.41, 5.74) is 2.04. The standard InChI is InChI=1S/C16H20N2O2S/c1-2-6-15-17-13(12-21-15)11-18(10-9-16(19)20)14-7-4-3-5-8-14/h3-5,7-8,12H,2,6,9-11H2,1H3,(H,19,20). The van der Waals surface area contributed by atoms with Gasteiger partial charge in [-0.15, -0.1) is 11.3 Å². The summed E-state index contributed by atoms with van der Waals surface area (Å²) in [4.78, 5) is 17.5. The fraction of sp³-hybridized carbons (Fsp3) is 0.375. The van der Waals surface area contributed by atoms with Crippen molar-refractivity contribution in [2.24, 2.45) is 0 Å². The molecule has 0 aliphatic carbocycles. The highest BCUT2D eigenvalue weighted by molar-refractivity contribution is 7.09. The van der Waals surface area contributed by atoms with E-state index in [9.17, 15) is 4.79 Å². The van der Waals surface area contributed by atoms with E-state index >= 15 is 0 Å². The number of aromatic nitrogens is 1. The van der Waals surface area contributed by atoms with E-state index in [0.717, 1.165) is 29.2 Å². The van der Waals surface area contributed by atoms with Gasteiger partial charge in [-0.1, -0.05) is 25.1 Å². The molecule has 0 amide bonds. The second kappa shape index (κ2) is 7.78. The van der Waals surface area contributed by atoms with Crippen molar-refractivity contribution in [3.8, 4) is 0 Å². The number of nitrogens with zero attached hydrogens (tertiary/aromatic N) is 2. The zero-order chi connectivity index (χ0) is 15.1. The Balaban J connectivity index is 2.09. The van der Waals surface area contributed by atoms with Gasteiger partial charge in [0.2, 0.25) is 0 Å². The predicted octanol–water partition coefficient (Wildman–Crippen LogP) is 3.58. The Kier molecular flexibility index (Phi) is 5.75. The van der Waals surface area contributed by atoms with Gasteiger partial charge in [0, 0.05) is 17.6 Å². The predicted molar refractivity (Wildman–Crippen MR) is 85.9 cm³/mol. The van der Waals surface area contributed by atoms with Crippen molar-refractivity contribution in [2.75, 3.05) is 11.4 Å². The maximum Gasteiger partial charge on any atom is 0.305 e. The zero-order valence-electron chi connectivity index (χ0n) is 12.2.